The molecule has 0 aliphatic heterocycles. The van der Waals surface area contributed by atoms with Crippen molar-refractivity contribution in [3.8, 4) is 0 Å². The third-order valence-corrected chi connectivity index (χ3v) is 6.36. The Balaban J connectivity index is 2.33. The van der Waals surface area contributed by atoms with Crippen LogP contribution in [0.3, 0.4) is 0 Å². The maximum atomic E-state index is 12.4. The second-order valence-corrected chi connectivity index (χ2v) is 8.84. The predicted molar refractivity (Wildman–Crippen MR) is 87.0 cm³/mol. The van der Waals surface area contributed by atoms with Gasteiger partial charge in [0.15, 0.2) is 0 Å². The summed E-state index contributed by atoms with van der Waals surface area (Å²) in [5.74, 6) is 0. The molecule has 0 heterocycles. The Bertz CT molecular complexity index is 594. The molecule has 0 saturated heterocycles. The maximum Gasteiger partial charge on any atom is 0.244 e. The molecule has 1 N–H and O–H groups in total. The molecule has 1 aliphatic carbocycles. The summed E-state index contributed by atoms with van der Waals surface area (Å²) >= 11 is 0. The van der Waals surface area contributed by atoms with Crippen molar-refractivity contribution in [1.82, 2.24) is 4.31 Å². The van der Waals surface area contributed by atoms with Gasteiger partial charge in [0, 0.05) is 20.1 Å². The van der Waals surface area contributed by atoms with Crippen LogP contribution in [0.5, 0.6) is 0 Å². The zero-order valence-electron chi connectivity index (χ0n) is 13.4. The molecule has 1 unspecified atom stereocenters. The summed E-state index contributed by atoms with van der Waals surface area (Å²) in [5, 5.41) is 3.49. The zero-order valence-corrected chi connectivity index (χ0v) is 14.2. The first-order chi connectivity index (χ1) is 9.75. The number of rotatable bonds is 4. The summed E-state index contributed by atoms with van der Waals surface area (Å²) in [6.45, 7) is 4.51. The van der Waals surface area contributed by atoms with Crippen molar-refractivity contribution in [3.05, 3.63) is 24.3 Å². The molecule has 0 spiro atoms. The largest absolute Gasteiger partial charge is 0.381 e. The van der Waals surface area contributed by atoms with Gasteiger partial charge in [0.2, 0.25) is 10.0 Å². The van der Waals surface area contributed by atoms with Gasteiger partial charge in [-0.05, 0) is 30.4 Å². The Kier molecular flexibility index (Phi) is 4.63. The minimum atomic E-state index is -3.42. The van der Waals surface area contributed by atoms with Gasteiger partial charge in [0.1, 0.15) is 4.90 Å². The van der Waals surface area contributed by atoms with E-state index in [4.69, 9.17) is 0 Å². The molecule has 5 heteroatoms. The lowest BCUT2D eigenvalue weighted by molar-refractivity contribution is 0.217. The second-order valence-electron chi connectivity index (χ2n) is 6.71. The Morgan fingerprint density at radius 3 is 2.48 bits per heavy atom. The fourth-order valence-corrected chi connectivity index (χ4v) is 4.01. The van der Waals surface area contributed by atoms with E-state index >= 15 is 0 Å². The third kappa shape index (κ3) is 3.40. The summed E-state index contributed by atoms with van der Waals surface area (Å²) in [4.78, 5) is 0.358. The lowest BCUT2D eigenvalue weighted by atomic mass is 9.73. The van der Waals surface area contributed by atoms with Crippen molar-refractivity contribution in [1.29, 1.82) is 0 Å². The van der Waals surface area contributed by atoms with Gasteiger partial charge in [-0.1, -0.05) is 38.8 Å². The lowest BCUT2D eigenvalue weighted by Gasteiger charge is -2.40. The van der Waals surface area contributed by atoms with E-state index in [1.54, 1.807) is 26.2 Å². The van der Waals surface area contributed by atoms with Crippen LogP contribution in [0.25, 0.3) is 0 Å². The normalized spacial score (nSPS) is 22.2. The van der Waals surface area contributed by atoms with Crippen molar-refractivity contribution in [2.24, 2.45) is 5.41 Å². The van der Waals surface area contributed by atoms with E-state index in [0.29, 0.717) is 16.6 Å². The van der Waals surface area contributed by atoms with Crippen LogP contribution in [0.1, 0.15) is 39.5 Å². The van der Waals surface area contributed by atoms with E-state index in [2.05, 4.69) is 19.2 Å². The number of hydrogen-bond donors (Lipinski definition) is 1. The van der Waals surface area contributed by atoms with E-state index in [0.717, 1.165) is 6.42 Å². The van der Waals surface area contributed by atoms with Crippen LogP contribution < -0.4 is 5.32 Å². The van der Waals surface area contributed by atoms with Gasteiger partial charge in [0.05, 0.1) is 5.69 Å². The van der Waals surface area contributed by atoms with Crippen molar-refractivity contribution >= 4 is 15.7 Å². The molecule has 0 amide bonds. The van der Waals surface area contributed by atoms with Crippen LogP contribution in [0.15, 0.2) is 29.2 Å². The topological polar surface area (TPSA) is 49.4 Å². The van der Waals surface area contributed by atoms with Gasteiger partial charge in [-0.3, -0.25) is 0 Å². The number of sulfonamides is 1. The van der Waals surface area contributed by atoms with Gasteiger partial charge >= 0.3 is 0 Å². The minimum absolute atomic E-state index is 0.188. The van der Waals surface area contributed by atoms with Gasteiger partial charge in [0.25, 0.3) is 0 Å². The van der Waals surface area contributed by atoms with E-state index < -0.39 is 10.0 Å². The SMILES string of the molecule is CN(C)S(=O)(=O)c1ccccc1NC1CCCCC1(C)C. The number of nitrogens with zero attached hydrogens (tertiary/aromatic N) is 1. The third-order valence-electron chi connectivity index (χ3n) is 4.48. The maximum absolute atomic E-state index is 12.4. The van der Waals surface area contributed by atoms with Crippen LogP contribution in [0.4, 0.5) is 5.69 Å². The van der Waals surface area contributed by atoms with Crippen molar-refractivity contribution in [3.63, 3.8) is 0 Å². The average molecular weight is 310 g/mol. The quantitative estimate of drug-likeness (QED) is 0.928. The molecule has 1 saturated carbocycles. The van der Waals surface area contributed by atoms with Gasteiger partial charge in [-0.25, -0.2) is 12.7 Å². The Labute approximate surface area is 128 Å². The molecule has 1 atom stereocenters. The van der Waals surface area contributed by atoms with Crippen LogP contribution in [0.2, 0.25) is 0 Å². The summed E-state index contributed by atoms with van der Waals surface area (Å²) in [5.41, 5.74) is 0.902. The molecule has 1 fully saturated rings. The number of nitrogens with one attached hydrogen (secondary N) is 1. The Morgan fingerprint density at radius 2 is 1.86 bits per heavy atom. The highest BCUT2D eigenvalue weighted by Crippen LogP contribution is 2.38. The molecule has 21 heavy (non-hydrogen) atoms. The zero-order chi connectivity index (χ0) is 15.7. The highest BCUT2D eigenvalue weighted by molar-refractivity contribution is 7.89. The fraction of sp³-hybridized carbons (Fsp3) is 0.625. The molecule has 1 aromatic rings. The summed E-state index contributed by atoms with van der Waals surface area (Å²) in [7, 11) is -0.292. The number of benzene rings is 1. The van der Waals surface area contributed by atoms with Crippen LogP contribution in [0, 0.1) is 5.41 Å². The molecule has 0 aromatic heterocycles. The molecule has 0 radical (unpaired) electrons. The van der Waals surface area contributed by atoms with Gasteiger partial charge in [-0.2, -0.15) is 0 Å². The number of anilines is 1. The number of para-hydroxylation sites is 1. The molecule has 4 nitrogen and oxygen atoms in total. The smallest absolute Gasteiger partial charge is 0.244 e. The molecule has 2 rings (SSSR count). The van der Waals surface area contributed by atoms with Crippen LogP contribution >= 0.6 is 0 Å². The fourth-order valence-electron chi connectivity index (χ4n) is 2.96. The summed E-state index contributed by atoms with van der Waals surface area (Å²) in [6, 6.07) is 7.50. The highest BCUT2D eigenvalue weighted by Gasteiger charge is 2.33. The standard InChI is InChI=1S/C16H26N2O2S/c1-16(2)12-8-7-11-15(16)17-13-9-5-6-10-14(13)21(19,20)18(3)4/h5-6,9-10,15,17H,7-8,11-12H2,1-4H3. The lowest BCUT2D eigenvalue weighted by Crippen LogP contribution is -2.39. The monoisotopic (exact) mass is 310 g/mol. The van der Waals surface area contributed by atoms with Crippen molar-refractivity contribution < 1.29 is 8.42 Å². The molecular formula is C16H26N2O2S. The summed E-state index contributed by atoms with van der Waals surface area (Å²) < 4.78 is 26.1. The predicted octanol–water partition coefficient (Wildman–Crippen LogP) is 3.32. The number of hydrogen-bond acceptors (Lipinski definition) is 3. The molecule has 0 bridgehead atoms. The Morgan fingerprint density at radius 1 is 1.19 bits per heavy atom. The van der Waals surface area contributed by atoms with Gasteiger partial charge < -0.3 is 5.32 Å². The van der Waals surface area contributed by atoms with E-state index in [-0.39, 0.29) is 5.41 Å². The van der Waals surface area contributed by atoms with Crippen molar-refractivity contribution in [2.45, 2.75) is 50.5 Å². The van der Waals surface area contributed by atoms with E-state index in [9.17, 15) is 8.42 Å². The molecule has 1 aromatic carbocycles. The highest BCUT2D eigenvalue weighted by atomic mass is 32.2. The van der Waals surface area contributed by atoms with E-state index in [1.807, 2.05) is 12.1 Å². The molecule has 1 aliphatic rings. The summed E-state index contributed by atoms with van der Waals surface area (Å²) in [6.07, 6.45) is 4.71. The van der Waals surface area contributed by atoms with Crippen molar-refractivity contribution in [2.75, 3.05) is 19.4 Å². The first kappa shape index (κ1) is 16.3. The first-order valence-corrected chi connectivity index (χ1v) is 8.97. The van der Waals surface area contributed by atoms with Crippen LogP contribution in [-0.4, -0.2) is 32.9 Å². The van der Waals surface area contributed by atoms with Crippen LogP contribution in [-0.2, 0) is 10.0 Å². The minimum Gasteiger partial charge on any atom is -0.381 e. The second kappa shape index (κ2) is 5.97. The molecular weight excluding hydrogens is 284 g/mol. The first-order valence-electron chi connectivity index (χ1n) is 7.53. The van der Waals surface area contributed by atoms with E-state index in [1.165, 1.54) is 23.6 Å². The average Bonchev–Trinajstić information content (AvgIpc) is 2.41. The Hall–Kier alpha value is -1.07. The van der Waals surface area contributed by atoms with Gasteiger partial charge in [-0.15, -0.1) is 0 Å². The molecule has 118 valence electrons.